The second kappa shape index (κ2) is 6.17. The Balaban J connectivity index is 2.12. The second-order valence-corrected chi connectivity index (χ2v) is 4.15. The number of hydrogen-bond donors (Lipinski definition) is 2. The molecule has 6 heteroatoms. The fourth-order valence-corrected chi connectivity index (χ4v) is 1.72. The van der Waals surface area contributed by atoms with Gasteiger partial charge in [-0.1, -0.05) is 5.92 Å². The monoisotopic (exact) mass is 277 g/mol. The van der Waals surface area contributed by atoms with Crippen LogP contribution in [0.1, 0.15) is 12.5 Å². The summed E-state index contributed by atoms with van der Waals surface area (Å²) in [5.74, 6) is 3.42. The van der Waals surface area contributed by atoms with Crippen molar-refractivity contribution in [3.05, 3.63) is 17.7 Å². The number of aliphatic hydroxyl groups excluding tert-OH is 1. The largest absolute Gasteiger partial charge is 0.480 e. The average Bonchev–Trinajstić information content (AvgIpc) is 2.90. The fraction of sp³-hybridized carbons (Fsp3) is 0.357. The van der Waals surface area contributed by atoms with E-state index in [1.54, 1.807) is 19.1 Å². The Kier molecular flexibility index (Phi) is 4.33. The van der Waals surface area contributed by atoms with E-state index in [4.69, 9.17) is 20.6 Å². The lowest BCUT2D eigenvalue weighted by Crippen LogP contribution is -2.36. The van der Waals surface area contributed by atoms with Crippen LogP contribution in [0.15, 0.2) is 12.1 Å². The van der Waals surface area contributed by atoms with Crippen molar-refractivity contribution in [3.63, 3.8) is 0 Å². The summed E-state index contributed by atoms with van der Waals surface area (Å²) in [6.45, 7) is 1.63. The van der Waals surface area contributed by atoms with Crippen LogP contribution in [0.4, 0.5) is 0 Å². The first-order valence-corrected chi connectivity index (χ1v) is 6.07. The number of carbonyl (C=O) groups excluding carboxylic acids is 1. The molecule has 1 unspecified atom stereocenters. The normalized spacial score (nSPS) is 13.4. The SMILES string of the molecule is C#CCNC(=O)C(C)Oc1cc2c(cc1CO)OCO2. The predicted octanol–water partition coefficient (Wildman–Crippen LogP) is 0.424. The molecule has 20 heavy (non-hydrogen) atoms. The number of carbonyl (C=O) groups is 1. The van der Waals surface area contributed by atoms with Crippen LogP contribution < -0.4 is 19.5 Å². The average molecular weight is 277 g/mol. The highest BCUT2D eigenvalue weighted by Gasteiger charge is 2.21. The quantitative estimate of drug-likeness (QED) is 0.763. The van der Waals surface area contributed by atoms with Gasteiger partial charge in [-0.3, -0.25) is 4.79 Å². The summed E-state index contributed by atoms with van der Waals surface area (Å²) in [4.78, 5) is 11.7. The molecule has 2 rings (SSSR count). The second-order valence-electron chi connectivity index (χ2n) is 4.15. The number of fused-ring (bicyclic) bond motifs is 1. The van der Waals surface area contributed by atoms with Gasteiger partial charge in [-0.15, -0.1) is 6.42 Å². The third kappa shape index (κ3) is 2.95. The van der Waals surface area contributed by atoms with Gasteiger partial charge in [0.05, 0.1) is 13.2 Å². The Bertz CT molecular complexity index is 549. The molecule has 0 aliphatic carbocycles. The minimum Gasteiger partial charge on any atom is -0.480 e. The summed E-state index contributed by atoms with van der Waals surface area (Å²) >= 11 is 0. The lowest BCUT2D eigenvalue weighted by atomic mass is 10.2. The van der Waals surface area contributed by atoms with Crippen molar-refractivity contribution in [3.8, 4) is 29.6 Å². The maximum Gasteiger partial charge on any atom is 0.261 e. The van der Waals surface area contributed by atoms with Gasteiger partial charge in [0.2, 0.25) is 6.79 Å². The number of rotatable bonds is 5. The van der Waals surface area contributed by atoms with Crippen molar-refractivity contribution in [1.82, 2.24) is 5.32 Å². The van der Waals surface area contributed by atoms with Crippen LogP contribution in [-0.2, 0) is 11.4 Å². The molecular weight excluding hydrogens is 262 g/mol. The van der Waals surface area contributed by atoms with E-state index < -0.39 is 6.10 Å². The zero-order valence-electron chi connectivity index (χ0n) is 11.0. The molecule has 0 spiro atoms. The smallest absolute Gasteiger partial charge is 0.261 e. The predicted molar refractivity (Wildman–Crippen MR) is 70.4 cm³/mol. The van der Waals surface area contributed by atoms with Crippen LogP contribution in [0, 0.1) is 12.3 Å². The van der Waals surface area contributed by atoms with Crippen LogP contribution in [0.3, 0.4) is 0 Å². The summed E-state index contributed by atoms with van der Waals surface area (Å²) in [6.07, 6.45) is 4.33. The Labute approximate surface area is 116 Å². The zero-order chi connectivity index (χ0) is 14.5. The molecule has 0 radical (unpaired) electrons. The first kappa shape index (κ1) is 14.0. The lowest BCUT2D eigenvalue weighted by Gasteiger charge is -2.16. The molecule has 1 heterocycles. The van der Waals surface area contributed by atoms with Gasteiger partial charge >= 0.3 is 0 Å². The number of nitrogens with one attached hydrogen (secondary N) is 1. The fourth-order valence-electron chi connectivity index (χ4n) is 1.72. The summed E-state index contributed by atoms with van der Waals surface area (Å²) in [5, 5.41) is 11.9. The lowest BCUT2D eigenvalue weighted by molar-refractivity contribution is -0.127. The van der Waals surface area contributed by atoms with Crippen LogP contribution in [0.5, 0.6) is 17.2 Å². The maximum absolute atomic E-state index is 11.7. The van der Waals surface area contributed by atoms with Gasteiger partial charge in [0.25, 0.3) is 5.91 Å². The first-order valence-electron chi connectivity index (χ1n) is 6.07. The maximum atomic E-state index is 11.7. The minimum atomic E-state index is -0.742. The molecule has 6 nitrogen and oxygen atoms in total. The van der Waals surface area contributed by atoms with Crippen LogP contribution in [-0.4, -0.2) is 30.5 Å². The molecule has 2 N–H and O–H groups in total. The Morgan fingerprint density at radius 1 is 1.55 bits per heavy atom. The van der Waals surface area contributed by atoms with Gasteiger partial charge < -0.3 is 24.6 Å². The minimum absolute atomic E-state index is 0.127. The zero-order valence-corrected chi connectivity index (χ0v) is 11.0. The topological polar surface area (TPSA) is 77.0 Å². The Hall–Kier alpha value is -2.39. The number of amides is 1. The summed E-state index contributed by atoms with van der Waals surface area (Å²) in [7, 11) is 0. The molecule has 1 aromatic carbocycles. The van der Waals surface area contributed by atoms with Gasteiger partial charge in [-0.2, -0.15) is 0 Å². The summed E-state index contributed by atoms with van der Waals surface area (Å²) < 4.78 is 16.0. The van der Waals surface area contributed by atoms with Crippen molar-refractivity contribution in [2.75, 3.05) is 13.3 Å². The van der Waals surface area contributed by atoms with Crippen LogP contribution in [0.2, 0.25) is 0 Å². The first-order chi connectivity index (χ1) is 9.65. The third-order valence-electron chi connectivity index (χ3n) is 2.76. The van der Waals surface area contributed by atoms with Crippen molar-refractivity contribution in [2.24, 2.45) is 0 Å². The molecule has 1 aliphatic rings. The van der Waals surface area contributed by atoms with Gasteiger partial charge in [-0.05, 0) is 13.0 Å². The standard InChI is InChI=1S/C14H15NO5/c1-3-4-15-14(17)9(2)20-11-6-13-12(18-8-19-13)5-10(11)7-16/h1,5-6,9,16H,4,7-8H2,2H3,(H,15,17). The van der Waals surface area contributed by atoms with Crippen molar-refractivity contribution < 1.29 is 24.1 Å². The van der Waals surface area contributed by atoms with Crippen LogP contribution in [0.25, 0.3) is 0 Å². The molecule has 0 saturated heterocycles. The van der Waals surface area contributed by atoms with E-state index in [9.17, 15) is 9.90 Å². The van der Waals surface area contributed by atoms with E-state index in [2.05, 4.69) is 11.2 Å². The number of aliphatic hydroxyl groups is 1. The van der Waals surface area contributed by atoms with E-state index in [0.717, 1.165) is 0 Å². The highest BCUT2D eigenvalue weighted by Crippen LogP contribution is 2.38. The molecule has 0 saturated carbocycles. The number of terminal acetylenes is 1. The molecule has 1 aliphatic heterocycles. The Morgan fingerprint density at radius 2 is 2.25 bits per heavy atom. The molecule has 0 bridgehead atoms. The highest BCUT2D eigenvalue weighted by atomic mass is 16.7. The van der Waals surface area contributed by atoms with Gasteiger partial charge in [0.15, 0.2) is 17.6 Å². The number of hydrogen-bond acceptors (Lipinski definition) is 5. The molecule has 106 valence electrons. The molecule has 0 aromatic heterocycles. The summed E-state index contributed by atoms with van der Waals surface area (Å²) in [6, 6.07) is 3.22. The van der Waals surface area contributed by atoms with E-state index in [-0.39, 0.29) is 25.9 Å². The van der Waals surface area contributed by atoms with Crippen molar-refractivity contribution >= 4 is 5.91 Å². The molecule has 1 atom stereocenters. The molecule has 0 fully saturated rings. The highest BCUT2D eigenvalue weighted by molar-refractivity contribution is 5.81. The molecule has 1 amide bonds. The van der Waals surface area contributed by atoms with E-state index in [1.807, 2.05) is 0 Å². The van der Waals surface area contributed by atoms with Crippen molar-refractivity contribution in [1.29, 1.82) is 0 Å². The number of benzene rings is 1. The van der Waals surface area contributed by atoms with Crippen molar-refractivity contribution in [2.45, 2.75) is 19.6 Å². The number of ether oxygens (including phenoxy) is 3. The van der Waals surface area contributed by atoms with E-state index in [1.165, 1.54) is 0 Å². The van der Waals surface area contributed by atoms with Crippen LogP contribution >= 0.6 is 0 Å². The summed E-state index contributed by atoms with van der Waals surface area (Å²) in [5.41, 5.74) is 0.519. The van der Waals surface area contributed by atoms with Gasteiger partial charge in [-0.25, -0.2) is 0 Å². The van der Waals surface area contributed by atoms with E-state index in [0.29, 0.717) is 22.8 Å². The van der Waals surface area contributed by atoms with E-state index >= 15 is 0 Å². The van der Waals surface area contributed by atoms with Gasteiger partial charge in [0, 0.05) is 11.6 Å². The third-order valence-corrected chi connectivity index (χ3v) is 2.76. The Morgan fingerprint density at radius 3 is 2.90 bits per heavy atom. The molecular formula is C14H15NO5. The van der Waals surface area contributed by atoms with Gasteiger partial charge in [0.1, 0.15) is 5.75 Å². The molecule has 1 aromatic rings.